The number of carbonyl (C=O) groups is 1. The van der Waals surface area contributed by atoms with E-state index in [0.717, 1.165) is 35.4 Å². The van der Waals surface area contributed by atoms with Gasteiger partial charge in [0.15, 0.2) is 0 Å². The number of anilines is 3. The summed E-state index contributed by atoms with van der Waals surface area (Å²) in [6.45, 7) is 6.19. The Balaban J connectivity index is 1.39. The largest absolute Gasteiger partial charge is 0.340 e. The Morgan fingerprint density at radius 2 is 1.94 bits per heavy atom. The quantitative estimate of drug-likeness (QED) is 0.450. The van der Waals surface area contributed by atoms with E-state index >= 15 is 0 Å². The molecular formula is C25H24N6O. The normalized spacial score (nSPS) is 14.6. The maximum Gasteiger partial charge on any atom is 0.259 e. The molecule has 0 fully saturated rings. The summed E-state index contributed by atoms with van der Waals surface area (Å²) in [6, 6.07) is 15.4. The van der Waals surface area contributed by atoms with Gasteiger partial charge in [-0.3, -0.25) is 4.79 Å². The minimum absolute atomic E-state index is 0.0709. The SMILES string of the molecule is CC1(C)CNCc2cc(NC(=O)c3cccnc3Nc3ccc4ncncc4c3)ccc21. The molecule has 2 aromatic carbocycles. The first-order chi connectivity index (χ1) is 15.5. The van der Waals surface area contributed by atoms with Gasteiger partial charge in [-0.15, -0.1) is 0 Å². The molecule has 0 unspecified atom stereocenters. The Hall–Kier alpha value is -3.84. The Bertz CT molecular complexity index is 1320. The van der Waals surface area contributed by atoms with Crippen LogP contribution in [-0.2, 0) is 12.0 Å². The van der Waals surface area contributed by atoms with Crippen molar-refractivity contribution in [2.24, 2.45) is 0 Å². The molecule has 0 saturated heterocycles. The van der Waals surface area contributed by atoms with Gasteiger partial charge >= 0.3 is 0 Å². The maximum atomic E-state index is 13.1. The van der Waals surface area contributed by atoms with Crippen LogP contribution in [0.2, 0.25) is 0 Å². The smallest absolute Gasteiger partial charge is 0.259 e. The average molecular weight is 425 g/mol. The summed E-state index contributed by atoms with van der Waals surface area (Å²) >= 11 is 0. The number of nitrogens with zero attached hydrogens (tertiary/aromatic N) is 3. The van der Waals surface area contributed by atoms with Gasteiger partial charge in [-0.25, -0.2) is 15.0 Å². The zero-order chi connectivity index (χ0) is 22.1. The number of amides is 1. The van der Waals surface area contributed by atoms with Crippen LogP contribution in [0.15, 0.2) is 67.3 Å². The van der Waals surface area contributed by atoms with Gasteiger partial charge in [-0.1, -0.05) is 19.9 Å². The van der Waals surface area contributed by atoms with Crippen molar-refractivity contribution < 1.29 is 4.79 Å². The Labute approximate surface area is 186 Å². The van der Waals surface area contributed by atoms with Crippen molar-refractivity contribution >= 4 is 34.0 Å². The zero-order valence-electron chi connectivity index (χ0n) is 18.0. The number of pyridine rings is 1. The molecule has 2 aromatic heterocycles. The van der Waals surface area contributed by atoms with Gasteiger partial charge in [0.2, 0.25) is 0 Å². The van der Waals surface area contributed by atoms with E-state index in [1.54, 1.807) is 24.5 Å². The first-order valence-corrected chi connectivity index (χ1v) is 10.6. The molecule has 1 aliphatic heterocycles. The highest BCUT2D eigenvalue weighted by Crippen LogP contribution is 2.31. The number of nitrogens with one attached hydrogen (secondary N) is 3. The van der Waals surface area contributed by atoms with E-state index < -0.39 is 0 Å². The van der Waals surface area contributed by atoms with E-state index in [1.165, 1.54) is 17.5 Å². The number of aromatic nitrogens is 3. The number of rotatable bonds is 4. The molecule has 1 amide bonds. The first-order valence-electron chi connectivity index (χ1n) is 10.6. The molecule has 7 heteroatoms. The number of benzene rings is 2. The van der Waals surface area contributed by atoms with Crippen LogP contribution in [-0.4, -0.2) is 27.4 Å². The van der Waals surface area contributed by atoms with Gasteiger partial charge in [0, 0.05) is 47.7 Å². The summed E-state index contributed by atoms with van der Waals surface area (Å²) in [6.07, 6.45) is 4.94. The Kier molecular flexibility index (Phi) is 5.03. The molecule has 0 atom stereocenters. The van der Waals surface area contributed by atoms with Gasteiger partial charge in [-0.05, 0) is 53.6 Å². The highest BCUT2D eigenvalue weighted by Gasteiger charge is 2.27. The molecule has 0 aliphatic carbocycles. The summed E-state index contributed by atoms with van der Waals surface area (Å²) < 4.78 is 0. The molecule has 7 nitrogen and oxygen atoms in total. The Morgan fingerprint density at radius 3 is 2.84 bits per heavy atom. The fourth-order valence-corrected chi connectivity index (χ4v) is 4.17. The third-order valence-corrected chi connectivity index (χ3v) is 5.79. The van der Waals surface area contributed by atoms with Gasteiger partial charge in [-0.2, -0.15) is 0 Å². The lowest BCUT2D eigenvalue weighted by Gasteiger charge is -2.33. The van der Waals surface area contributed by atoms with E-state index in [4.69, 9.17) is 0 Å². The van der Waals surface area contributed by atoms with Crippen LogP contribution in [0.1, 0.15) is 35.3 Å². The molecular weight excluding hydrogens is 400 g/mol. The number of carbonyl (C=O) groups excluding carboxylic acids is 1. The first kappa shape index (κ1) is 20.1. The lowest BCUT2D eigenvalue weighted by Crippen LogP contribution is -2.38. The van der Waals surface area contributed by atoms with Crippen LogP contribution in [0, 0.1) is 0 Å². The van der Waals surface area contributed by atoms with Gasteiger partial charge < -0.3 is 16.0 Å². The van der Waals surface area contributed by atoms with Gasteiger partial charge in [0.25, 0.3) is 5.91 Å². The second-order valence-electron chi connectivity index (χ2n) is 8.63. The second kappa shape index (κ2) is 8.01. The molecule has 160 valence electrons. The van der Waals surface area contributed by atoms with E-state index in [1.807, 2.05) is 30.3 Å². The zero-order valence-corrected chi connectivity index (χ0v) is 18.0. The van der Waals surface area contributed by atoms with Crippen molar-refractivity contribution in [2.45, 2.75) is 25.8 Å². The van der Waals surface area contributed by atoms with Crippen LogP contribution in [0.5, 0.6) is 0 Å². The standard InChI is InChI=1S/C25H24N6O/c1-25(2)14-26-12-16-10-19(5-7-21(16)25)31-24(32)20-4-3-9-28-23(20)30-18-6-8-22-17(11-18)13-27-15-29-22/h3-11,13,15,26H,12,14H2,1-2H3,(H,28,30)(H,31,32). The summed E-state index contributed by atoms with van der Waals surface area (Å²) in [5, 5.41) is 10.6. The highest BCUT2D eigenvalue weighted by molar-refractivity contribution is 6.08. The van der Waals surface area contributed by atoms with E-state index in [-0.39, 0.29) is 11.3 Å². The maximum absolute atomic E-state index is 13.1. The summed E-state index contributed by atoms with van der Waals surface area (Å²) in [7, 11) is 0. The Morgan fingerprint density at radius 1 is 1.06 bits per heavy atom. The van der Waals surface area contributed by atoms with E-state index in [9.17, 15) is 4.79 Å². The van der Waals surface area contributed by atoms with Crippen LogP contribution < -0.4 is 16.0 Å². The van der Waals surface area contributed by atoms with Crippen LogP contribution in [0.25, 0.3) is 10.9 Å². The number of hydrogen-bond donors (Lipinski definition) is 3. The monoisotopic (exact) mass is 424 g/mol. The van der Waals surface area contributed by atoms with Crippen LogP contribution >= 0.6 is 0 Å². The van der Waals surface area contributed by atoms with Crippen molar-refractivity contribution in [2.75, 3.05) is 17.2 Å². The van der Waals surface area contributed by atoms with E-state index in [2.05, 4.69) is 50.8 Å². The average Bonchev–Trinajstić information content (AvgIpc) is 2.79. The second-order valence-corrected chi connectivity index (χ2v) is 8.63. The molecule has 3 heterocycles. The van der Waals surface area contributed by atoms with Crippen molar-refractivity contribution in [3.05, 3.63) is 83.9 Å². The molecule has 4 aromatic rings. The van der Waals surface area contributed by atoms with Gasteiger partial charge in [0.05, 0.1) is 11.1 Å². The third kappa shape index (κ3) is 3.90. The minimum atomic E-state index is -0.215. The minimum Gasteiger partial charge on any atom is -0.340 e. The van der Waals surface area contributed by atoms with Crippen molar-refractivity contribution in [3.8, 4) is 0 Å². The molecule has 0 radical (unpaired) electrons. The fraction of sp³-hybridized carbons (Fsp3) is 0.200. The van der Waals surface area contributed by atoms with Crippen molar-refractivity contribution in [3.63, 3.8) is 0 Å². The summed E-state index contributed by atoms with van der Waals surface area (Å²) in [5.74, 6) is 0.273. The lowest BCUT2D eigenvalue weighted by atomic mass is 9.79. The van der Waals surface area contributed by atoms with Crippen molar-refractivity contribution in [1.29, 1.82) is 0 Å². The molecule has 1 aliphatic rings. The van der Waals surface area contributed by atoms with Gasteiger partial charge in [0.1, 0.15) is 12.1 Å². The number of fused-ring (bicyclic) bond motifs is 2. The fourth-order valence-electron chi connectivity index (χ4n) is 4.17. The molecule has 0 saturated carbocycles. The third-order valence-electron chi connectivity index (χ3n) is 5.79. The van der Waals surface area contributed by atoms with Crippen LogP contribution in [0.3, 0.4) is 0 Å². The summed E-state index contributed by atoms with van der Waals surface area (Å²) in [5.41, 5.74) is 5.50. The molecule has 32 heavy (non-hydrogen) atoms. The molecule has 5 rings (SSSR count). The predicted molar refractivity (Wildman–Crippen MR) is 126 cm³/mol. The molecule has 0 bridgehead atoms. The lowest BCUT2D eigenvalue weighted by molar-refractivity contribution is 0.102. The van der Waals surface area contributed by atoms with E-state index in [0.29, 0.717) is 11.4 Å². The molecule has 0 spiro atoms. The highest BCUT2D eigenvalue weighted by atomic mass is 16.1. The topological polar surface area (TPSA) is 91.8 Å². The van der Waals surface area contributed by atoms with Crippen molar-refractivity contribution in [1.82, 2.24) is 20.3 Å². The number of hydrogen-bond acceptors (Lipinski definition) is 6. The summed E-state index contributed by atoms with van der Waals surface area (Å²) in [4.78, 5) is 25.8. The predicted octanol–water partition coefficient (Wildman–Crippen LogP) is 4.40. The van der Waals surface area contributed by atoms with Crippen LogP contribution in [0.4, 0.5) is 17.2 Å². The molecule has 3 N–H and O–H groups in total.